The fourth-order valence-corrected chi connectivity index (χ4v) is 6.44. The number of ether oxygens (including phenoxy) is 1. The summed E-state index contributed by atoms with van der Waals surface area (Å²) in [5.41, 5.74) is 5.34. The van der Waals surface area contributed by atoms with Gasteiger partial charge in [0.05, 0.1) is 11.8 Å². The normalized spacial score (nSPS) is 18.9. The zero-order valence-corrected chi connectivity index (χ0v) is 23.9. The van der Waals surface area contributed by atoms with Crippen LogP contribution in [0.2, 0.25) is 0 Å². The first-order valence-electron chi connectivity index (χ1n) is 12.4. The number of nitrogens with two attached hydrogens (primary N) is 1. The summed E-state index contributed by atoms with van der Waals surface area (Å²) in [6, 6.07) is 3.97. The van der Waals surface area contributed by atoms with Crippen LogP contribution in [0.1, 0.15) is 18.1 Å². The van der Waals surface area contributed by atoms with Gasteiger partial charge in [0.15, 0.2) is 6.10 Å². The highest BCUT2D eigenvalue weighted by molar-refractivity contribution is 8.01. The van der Waals surface area contributed by atoms with Crippen LogP contribution >= 0.6 is 23.5 Å². The number of fused-ring (bicyclic) bond motifs is 1. The molecule has 0 aliphatic carbocycles. The average molecular weight is 653 g/mol. The van der Waals surface area contributed by atoms with E-state index in [0.29, 0.717) is 0 Å². The summed E-state index contributed by atoms with van der Waals surface area (Å²) in [5, 5.41) is 52.7. The van der Waals surface area contributed by atoms with Crippen LogP contribution in [0.4, 0.5) is 10.5 Å². The molecule has 1 fully saturated rings. The van der Waals surface area contributed by atoms with E-state index in [2.05, 4.69) is 26.2 Å². The van der Waals surface area contributed by atoms with E-state index >= 15 is 0 Å². The number of carbonyl (C=O) groups is 6. The zero-order chi connectivity index (χ0) is 32.1. The summed E-state index contributed by atoms with van der Waals surface area (Å²) in [7, 11) is 0. The lowest BCUT2D eigenvalue weighted by atomic mass is 10.1. The van der Waals surface area contributed by atoms with Crippen LogP contribution < -0.4 is 16.4 Å². The number of amides is 3. The molecule has 2 aromatic rings. The SMILES string of the molecule is N[C@H](COC(=O)Nc1ccc(C(O)C(=O)NC2S[C@H]3CC(=O)N3C(C(=O)O)=C2CSc2nnnn2CC(=O)O)cc1)C(=O)O. The molecule has 44 heavy (non-hydrogen) atoms. The number of tetrazole rings is 1. The van der Waals surface area contributed by atoms with Gasteiger partial charge < -0.3 is 36.2 Å². The third kappa shape index (κ3) is 7.42. The molecule has 234 valence electrons. The van der Waals surface area contributed by atoms with Crippen molar-refractivity contribution in [3.8, 4) is 0 Å². The predicted molar refractivity (Wildman–Crippen MR) is 148 cm³/mol. The summed E-state index contributed by atoms with van der Waals surface area (Å²) in [6.07, 6.45) is -2.67. The van der Waals surface area contributed by atoms with Crippen LogP contribution in [0.5, 0.6) is 0 Å². The maximum Gasteiger partial charge on any atom is 0.411 e. The lowest BCUT2D eigenvalue weighted by Gasteiger charge is -2.46. The van der Waals surface area contributed by atoms with Gasteiger partial charge in [-0.05, 0) is 28.1 Å². The van der Waals surface area contributed by atoms with Crippen molar-refractivity contribution in [3.05, 3.63) is 41.1 Å². The van der Waals surface area contributed by atoms with Gasteiger partial charge in [0.2, 0.25) is 11.1 Å². The number of aliphatic carboxylic acids is 3. The number of carboxylic acids is 3. The van der Waals surface area contributed by atoms with E-state index < -0.39 is 71.9 Å². The molecule has 21 heteroatoms. The van der Waals surface area contributed by atoms with E-state index in [9.17, 15) is 39.0 Å². The maximum absolute atomic E-state index is 13.1. The number of carbonyl (C=O) groups excluding carboxylic acids is 3. The number of aliphatic hydroxyl groups is 1. The highest BCUT2D eigenvalue weighted by atomic mass is 32.2. The number of hydrogen-bond donors (Lipinski definition) is 7. The number of aromatic nitrogens is 4. The second-order valence-electron chi connectivity index (χ2n) is 9.12. The fraction of sp³-hybridized carbons (Fsp3) is 0.348. The van der Waals surface area contributed by atoms with Crippen molar-refractivity contribution in [1.82, 2.24) is 30.4 Å². The van der Waals surface area contributed by atoms with Crippen molar-refractivity contribution in [2.45, 2.75) is 41.0 Å². The third-order valence-corrected chi connectivity index (χ3v) is 8.48. The van der Waals surface area contributed by atoms with Gasteiger partial charge in [0.25, 0.3) is 5.91 Å². The number of thioether (sulfide) groups is 2. The average Bonchev–Trinajstić information content (AvgIpc) is 3.40. The minimum absolute atomic E-state index is 0.0345. The molecule has 0 radical (unpaired) electrons. The Balaban J connectivity index is 1.46. The van der Waals surface area contributed by atoms with Crippen LogP contribution in [-0.2, 0) is 35.3 Å². The van der Waals surface area contributed by atoms with Gasteiger partial charge in [-0.15, -0.1) is 16.9 Å². The highest BCUT2D eigenvalue weighted by Crippen LogP contribution is 2.44. The molecule has 1 aromatic heterocycles. The minimum atomic E-state index is -1.73. The molecule has 0 spiro atoms. The smallest absolute Gasteiger partial charge is 0.411 e. The van der Waals surface area contributed by atoms with Gasteiger partial charge >= 0.3 is 24.0 Å². The lowest BCUT2D eigenvalue weighted by molar-refractivity contribution is -0.146. The van der Waals surface area contributed by atoms with E-state index in [-0.39, 0.29) is 39.9 Å². The van der Waals surface area contributed by atoms with E-state index in [1.807, 2.05) is 0 Å². The van der Waals surface area contributed by atoms with Gasteiger partial charge in [-0.25, -0.2) is 14.3 Å². The predicted octanol–water partition coefficient (Wildman–Crippen LogP) is -1.37. The third-order valence-electron chi connectivity index (χ3n) is 6.11. The first kappa shape index (κ1) is 32.2. The molecule has 19 nitrogen and oxygen atoms in total. The van der Waals surface area contributed by atoms with Crippen molar-refractivity contribution in [2.24, 2.45) is 5.73 Å². The summed E-state index contributed by atoms with van der Waals surface area (Å²) < 4.78 is 5.71. The van der Waals surface area contributed by atoms with Gasteiger partial charge in [-0.2, -0.15) is 0 Å². The van der Waals surface area contributed by atoms with Crippen LogP contribution in [-0.4, -0.2) is 110 Å². The van der Waals surface area contributed by atoms with Gasteiger partial charge in [0.1, 0.15) is 30.3 Å². The maximum atomic E-state index is 13.1. The van der Waals surface area contributed by atoms with Crippen molar-refractivity contribution >= 4 is 65.0 Å². The molecule has 2 aliphatic heterocycles. The summed E-state index contributed by atoms with van der Waals surface area (Å²) in [4.78, 5) is 72.4. The monoisotopic (exact) mass is 652 g/mol. The summed E-state index contributed by atoms with van der Waals surface area (Å²) in [5.74, 6) is -5.46. The standard InChI is InChI=1S/C23H24N8O11S2/c24-12(20(37)38)7-42-23(41)25-10-3-1-9(2-4-10)17(35)18(36)26-19-11(8-43-22-27-28-29-30(22)6-15(33)34)16(21(39)40)31-13(32)5-14(31)44-19/h1-4,12,14,17,19,35H,5-8,24H2,(H,25,41)(H,26,36)(H,33,34)(H,37,38)(H,39,40)/t12-,14+,17?,19?/m1/s1. The van der Waals surface area contributed by atoms with Crippen molar-refractivity contribution < 1.29 is 53.9 Å². The molecule has 3 amide bonds. The Bertz CT molecular complexity index is 1520. The number of anilines is 1. The molecule has 0 saturated carbocycles. The first-order valence-corrected chi connectivity index (χ1v) is 14.3. The number of β-lactam (4-membered cyclic amide) rings is 1. The van der Waals surface area contributed by atoms with Crippen molar-refractivity contribution in [1.29, 1.82) is 0 Å². The topological polar surface area (TPSA) is 289 Å². The Kier molecular flexibility index (Phi) is 10.0. The molecule has 4 atom stereocenters. The van der Waals surface area contributed by atoms with E-state index in [0.717, 1.165) is 33.1 Å². The molecule has 8 N–H and O–H groups in total. The Hall–Kier alpha value is -4.73. The lowest BCUT2D eigenvalue weighted by Crippen LogP contribution is -2.57. The van der Waals surface area contributed by atoms with Crippen molar-refractivity contribution in [3.63, 3.8) is 0 Å². The summed E-state index contributed by atoms with van der Waals surface area (Å²) >= 11 is 1.99. The fourth-order valence-electron chi connectivity index (χ4n) is 3.96. The van der Waals surface area contributed by atoms with Gasteiger partial charge in [-0.1, -0.05) is 23.9 Å². The van der Waals surface area contributed by atoms with Crippen LogP contribution in [0.25, 0.3) is 0 Å². The molecule has 1 saturated heterocycles. The van der Waals surface area contributed by atoms with Crippen LogP contribution in [0.3, 0.4) is 0 Å². The van der Waals surface area contributed by atoms with Crippen LogP contribution in [0, 0.1) is 0 Å². The molecule has 1 aromatic carbocycles. The summed E-state index contributed by atoms with van der Waals surface area (Å²) in [6.45, 7) is -1.12. The van der Waals surface area contributed by atoms with Crippen molar-refractivity contribution in [2.75, 3.05) is 17.7 Å². The molecular weight excluding hydrogens is 628 g/mol. The largest absolute Gasteiger partial charge is 0.480 e. The second kappa shape index (κ2) is 13.7. The minimum Gasteiger partial charge on any atom is -0.480 e. The number of aliphatic hydroxyl groups excluding tert-OH is 1. The Morgan fingerprint density at radius 3 is 2.48 bits per heavy atom. The zero-order valence-electron chi connectivity index (χ0n) is 22.2. The van der Waals surface area contributed by atoms with E-state index in [4.69, 9.17) is 20.7 Å². The number of nitrogens with zero attached hydrogens (tertiary/aromatic N) is 5. The van der Waals surface area contributed by atoms with Gasteiger partial charge in [0, 0.05) is 17.0 Å². The van der Waals surface area contributed by atoms with Gasteiger partial charge in [-0.3, -0.25) is 29.4 Å². The first-order chi connectivity index (χ1) is 20.8. The second-order valence-corrected chi connectivity index (χ2v) is 11.4. The molecule has 2 aliphatic rings. The highest BCUT2D eigenvalue weighted by Gasteiger charge is 2.49. The number of rotatable bonds is 13. The number of nitrogens with one attached hydrogen (secondary N) is 2. The molecule has 2 unspecified atom stereocenters. The van der Waals surface area contributed by atoms with E-state index in [1.165, 1.54) is 24.3 Å². The molecule has 4 rings (SSSR count). The number of hydrogen-bond acceptors (Lipinski definition) is 14. The van der Waals surface area contributed by atoms with Crippen LogP contribution in [0.15, 0.2) is 40.7 Å². The Morgan fingerprint density at radius 1 is 1.16 bits per heavy atom. The Morgan fingerprint density at radius 2 is 1.86 bits per heavy atom. The molecule has 3 heterocycles. The molecule has 0 bridgehead atoms. The Labute approximate surface area is 254 Å². The quantitative estimate of drug-likeness (QED) is 0.0970. The molecular formula is C23H24N8O11S2. The van der Waals surface area contributed by atoms with E-state index in [1.54, 1.807) is 0 Å². The number of benzene rings is 1. The number of carboxylic acid groups (broad SMARTS) is 3.